The van der Waals surface area contributed by atoms with Gasteiger partial charge in [-0.2, -0.15) is 0 Å². The number of ether oxygens (including phenoxy) is 1. The molecule has 0 aliphatic heterocycles. The third-order valence-electron chi connectivity index (χ3n) is 3.81. The molecule has 1 aliphatic carbocycles. The SMILES string of the molecule is CCCCCC1C(O)CCC1CC(=O)OCC. The van der Waals surface area contributed by atoms with Crippen molar-refractivity contribution in [3.05, 3.63) is 0 Å². The first-order valence-electron chi connectivity index (χ1n) is 7.02. The molecule has 0 heterocycles. The summed E-state index contributed by atoms with van der Waals surface area (Å²) in [6, 6.07) is 0. The highest BCUT2D eigenvalue weighted by Gasteiger charge is 2.35. The second-order valence-corrected chi connectivity index (χ2v) is 5.07. The van der Waals surface area contributed by atoms with E-state index in [1.165, 1.54) is 12.8 Å². The van der Waals surface area contributed by atoms with E-state index in [0.717, 1.165) is 25.7 Å². The standard InChI is InChI=1S/C14H26O3/c1-3-5-6-7-12-11(8-9-13(12)15)10-14(16)17-4-2/h11-13,15H,3-10H2,1-2H3. The van der Waals surface area contributed by atoms with Crippen LogP contribution in [0, 0.1) is 11.8 Å². The van der Waals surface area contributed by atoms with Gasteiger partial charge in [-0.05, 0) is 38.0 Å². The summed E-state index contributed by atoms with van der Waals surface area (Å²) >= 11 is 0. The summed E-state index contributed by atoms with van der Waals surface area (Å²) in [4.78, 5) is 11.5. The Morgan fingerprint density at radius 2 is 2.06 bits per heavy atom. The molecule has 0 aromatic heterocycles. The van der Waals surface area contributed by atoms with Crippen molar-refractivity contribution < 1.29 is 14.6 Å². The number of carbonyl (C=O) groups excluding carboxylic acids is 1. The highest BCUT2D eigenvalue weighted by Crippen LogP contribution is 2.37. The Bertz CT molecular complexity index is 228. The minimum Gasteiger partial charge on any atom is -0.466 e. The molecule has 100 valence electrons. The summed E-state index contributed by atoms with van der Waals surface area (Å²) in [6.45, 7) is 4.47. The Labute approximate surface area is 105 Å². The maximum Gasteiger partial charge on any atom is 0.306 e. The number of rotatable bonds is 7. The summed E-state index contributed by atoms with van der Waals surface area (Å²) in [7, 11) is 0. The number of carbonyl (C=O) groups is 1. The zero-order chi connectivity index (χ0) is 12.7. The first-order chi connectivity index (χ1) is 8.19. The minimum absolute atomic E-state index is 0.105. The summed E-state index contributed by atoms with van der Waals surface area (Å²) < 4.78 is 4.99. The molecule has 0 saturated heterocycles. The smallest absolute Gasteiger partial charge is 0.306 e. The van der Waals surface area contributed by atoms with E-state index in [1.807, 2.05) is 6.92 Å². The summed E-state index contributed by atoms with van der Waals surface area (Å²) in [5.74, 6) is 0.541. The van der Waals surface area contributed by atoms with E-state index < -0.39 is 0 Å². The summed E-state index contributed by atoms with van der Waals surface area (Å²) in [5.41, 5.74) is 0. The van der Waals surface area contributed by atoms with Crippen LogP contribution in [0.15, 0.2) is 0 Å². The van der Waals surface area contributed by atoms with Crippen molar-refractivity contribution in [2.45, 2.75) is 64.9 Å². The first-order valence-corrected chi connectivity index (χ1v) is 7.02. The molecule has 1 fully saturated rings. The van der Waals surface area contributed by atoms with E-state index in [-0.39, 0.29) is 12.1 Å². The minimum atomic E-state index is -0.203. The van der Waals surface area contributed by atoms with Crippen LogP contribution in [0.2, 0.25) is 0 Å². The van der Waals surface area contributed by atoms with Crippen LogP contribution in [0.1, 0.15) is 58.8 Å². The van der Waals surface area contributed by atoms with Gasteiger partial charge in [0.25, 0.3) is 0 Å². The monoisotopic (exact) mass is 242 g/mol. The number of hydrogen-bond donors (Lipinski definition) is 1. The van der Waals surface area contributed by atoms with Gasteiger partial charge in [0.15, 0.2) is 0 Å². The van der Waals surface area contributed by atoms with Gasteiger partial charge in [-0.25, -0.2) is 0 Å². The van der Waals surface area contributed by atoms with Crippen LogP contribution in [-0.4, -0.2) is 23.8 Å². The van der Waals surface area contributed by atoms with Gasteiger partial charge in [0.05, 0.1) is 12.7 Å². The van der Waals surface area contributed by atoms with Crippen molar-refractivity contribution in [2.24, 2.45) is 11.8 Å². The third-order valence-corrected chi connectivity index (χ3v) is 3.81. The number of aliphatic hydroxyl groups excluding tert-OH is 1. The lowest BCUT2D eigenvalue weighted by Crippen LogP contribution is -2.22. The van der Waals surface area contributed by atoms with Crippen molar-refractivity contribution >= 4 is 5.97 Å². The fourth-order valence-corrected chi connectivity index (χ4v) is 2.87. The van der Waals surface area contributed by atoms with Crippen LogP contribution in [0.3, 0.4) is 0 Å². The molecule has 1 rings (SSSR count). The molecule has 0 aromatic rings. The van der Waals surface area contributed by atoms with Gasteiger partial charge in [-0.3, -0.25) is 4.79 Å². The zero-order valence-corrected chi connectivity index (χ0v) is 11.2. The first kappa shape index (κ1) is 14.5. The predicted octanol–water partition coefficient (Wildman–Crippen LogP) is 2.91. The molecule has 17 heavy (non-hydrogen) atoms. The van der Waals surface area contributed by atoms with Crippen molar-refractivity contribution in [2.75, 3.05) is 6.61 Å². The van der Waals surface area contributed by atoms with E-state index in [4.69, 9.17) is 4.74 Å². The number of esters is 1. The Morgan fingerprint density at radius 3 is 2.71 bits per heavy atom. The molecule has 0 spiro atoms. The highest BCUT2D eigenvalue weighted by atomic mass is 16.5. The van der Waals surface area contributed by atoms with E-state index in [9.17, 15) is 9.90 Å². The van der Waals surface area contributed by atoms with Crippen molar-refractivity contribution in [1.82, 2.24) is 0 Å². The third kappa shape index (κ3) is 4.66. The molecule has 0 radical (unpaired) electrons. The van der Waals surface area contributed by atoms with Crippen LogP contribution in [-0.2, 0) is 9.53 Å². The van der Waals surface area contributed by atoms with Crippen molar-refractivity contribution in [1.29, 1.82) is 0 Å². The number of hydrogen-bond acceptors (Lipinski definition) is 3. The Balaban J connectivity index is 2.38. The molecule has 1 aliphatic rings. The Kier molecular flexibility index (Phi) is 6.56. The summed E-state index contributed by atoms with van der Waals surface area (Å²) in [6.07, 6.45) is 6.74. The normalized spacial score (nSPS) is 28.3. The molecule has 3 unspecified atom stereocenters. The van der Waals surface area contributed by atoms with Gasteiger partial charge < -0.3 is 9.84 Å². The average molecular weight is 242 g/mol. The zero-order valence-electron chi connectivity index (χ0n) is 11.2. The molecule has 3 atom stereocenters. The van der Waals surface area contributed by atoms with Gasteiger partial charge in [-0.1, -0.05) is 26.2 Å². The molecular weight excluding hydrogens is 216 g/mol. The van der Waals surface area contributed by atoms with Crippen molar-refractivity contribution in [3.63, 3.8) is 0 Å². The van der Waals surface area contributed by atoms with Gasteiger partial charge in [0, 0.05) is 6.42 Å². The van der Waals surface area contributed by atoms with Crippen LogP contribution in [0.25, 0.3) is 0 Å². The fourth-order valence-electron chi connectivity index (χ4n) is 2.87. The Morgan fingerprint density at radius 1 is 1.29 bits per heavy atom. The van der Waals surface area contributed by atoms with Gasteiger partial charge in [0.1, 0.15) is 0 Å². The molecule has 0 amide bonds. The maximum atomic E-state index is 11.5. The van der Waals surface area contributed by atoms with Crippen LogP contribution >= 0.6 is 0 Å². The van der Waals surface area contributed by atoms with E-state index in [0.29, 0.717) is 24.9 Å². The molecule has 0 aromatic carbocycles. The van der Waals surface area contributed by atoms with Crippen LogP contribution < -0.4 is 0 Å². The fraction of sp³-hybridized carbons (Fsp3) is 0.929. The molecular formula is C14H26O3. The highest BCUT2D eigenvalue weighted by molar-refractivity contribution is 5.69. The van der Waals surface area contributed by atoms with Crippen LogP contribution in [0.5, 0.6) is 0 Å². The van der Waals surface area contributed by atoms with Crippen LogP contribution in [0.4, 0.5) is 0 Å². The van der Waals surface area contributed by atoms with E-state index >= 15 is 0 Å². The largest absolute Gasteiger partial charge is 0.466 e. The molecule has 3 heteroatoms. The maximum absolute atomic E-state index is 11.5. The molecule has 3 nitrogen and oxygen atoms in total. The lowest BCUT2D eigenvalue weighted by molar-refractivity contribution is -0.144. The average Bonchev–Trinajstić information content (AvgIpc) is 2.62. The van der Waals surface area contributed by atoms with Crippen molar-refractivity contribution in [3.8, 4) is 0 Å². The predicted molar refractivity (Wildman–Crippen MR) is 67.6 cm³/mol. The van der Waals surface area contributed by atoms with Gasteiger partial charge in [-0.15, -0.1) is 0 Å². The lowest BCUT2D eigenvalue weighted by atomic mass is 9.87. The lowest BCUT2D eigenvalue weighted by Gasteiger charge is -2.21. The van der Waals surface area contributed by atoms with E-state index in [1.54, 1.807) is 0 Å². The Hall–Kier alpha value is -0.570. The summed E-state index contributed by atoms with van der Waals surface area (Å²) in [5, 5.41) is 9.95. The topological polar surface area (TPSA) is 46.5 Å². The van der Waals surface area contributed by atoms with Gasteiger partial charge in [0.2, 0.25) is 0 Å². The second kappa shape index (κ2) is 7.70. The van der Waals surface area contributed by atoms with E-state index in [2.05, 4.69) is 6.92 Å². The molecule has 1 N–H and O–H groups in total. The number of unbranched alkanes of at least 4 members (excludes halogenated alkanes) is 2. The molecule has 0 bridgehead atoms. The van der Waals surface area contributed by atoms with Gasteiger partial charge >= 0.3 is 5.97 Å². The second-order valence-electron chi connectivity index (χ2n) is 5.07. The molecule has 1 saturated carbocycles. The quantitative estimate of drug-likeness (QED) is 0.551. The number of aliphatic hydroxyl groups is 1.